The number of carbonyl (C=O) groups is 1. The second-order valence-electron chi connectivity index (χ2n) is 4.92. The summed E-state index contributed by atoms with van der Waals surface area (Å²) in [5.41, 5.74) is 0.878. The number of unbranched alkanes of at least 4 members (excludes halogenated alkanes) is 2. The van der Waals surface area contributed by atoms with E-state index in [0.29, 0.717) is 17.8 Å². The molecule has 4 nitrogen and oxygen atoms in total. The number of alkyl halides is 3. The lowest BCUT2D eigenvalue weighted by Crippen LogP contribution is -2.29. The third-order valence-corrected chi connectivity index (χ3v) is 2.99. The van der Waals surface area contributed by atoms with Crippen LogP contribution in [0.25, 0.3) is 0 Å². The highest BCUT2D eigenvalue weighted by Crippen LogP contribution is 2.27. The summed E-state index contributed by atoms with van der Waals surface area (Å²) in [6, 6.07) is 4.20. The molecule has 0 radical (unpaired) electrons. The Bertz CT molecular complexity index is 490. The van der Waals surface area contributed by atoms with Gasteiger partial charge in [-0.1, -0.05) is 25.8 Å². The second kappa shape index (κ2) is 8.51. The Morgan fingerprint density at radius 3 is 2.64 bits per heavy atom. The van der Waals surface area contributed by atoms with Crippen LogP contribution in [0.5, 0.6) is 5.75 Å². The third kappa shape index (κ3) is 6.69. The predicted octanol–water partition coefficient (Wildman–Crippen LogP) is 4.25. The number of rotatable bonds is 7. The molecule has 0 spiro atoms. The van der Waals surface area contributed by atoms with Crippen LogP contribution in [0.2, 0.25) is 0 Å². The molecular weight excluding hydrogens is 297 g/mol. The van der Waals surface area contributed by atoms with Gasteiger partial charge in [-0.3, -0.25) is 0 Å². The van der Waals surface area contributed by atoms with E-state index < -0.39 is 12.8 Å². The van der Waals surface area contributed by atoms with E-state index in [9.17, 15) is 18.0 Å². The van der Waals surface area contributed by atoms with Crippen LogP contribution in [0.4, 0.5) is 23.7 Å². The molecule has 2 amide bonds. The third-order valence-electron chi connectivity index (χ3n) is 2.99. The fourth-order valence-corrected chi connectivity index (χ4v) is 1.81. The lowest BCUT2D eigenvalue weighted by Gasteiger charge is -2.15. The first-order valence-corrected chi connectivity index (χ1v) is 7.17. The van der Waals surface area contributed by atoms with Gasteiger partial charge in [0.1, 0.15) is 5.75 Å². The number of hydrogen-bond acceptors (Lipinski definition) is 2. The Labute approximate surface area is 128 Å². The summed E-state index contributed by atoms with van der Waals surface area (Å²) in [6.07, 6.45) is -1.43. The normalized spacial score (nSPS) is 11.1. The molecule has 7 heteroatoms. The molecular formula is C15H21F3N2O2. The van der Waals surface area contributed by atoms with Crippen molar-refractivity contribution in [3.05, 3.63) is 23.8 Å². The first-order chi connectivity index (χ1) is 10.3. The molecule has 0 aliphatic carbocycles. The van der Waals surface area contributed by atoms with Gasteiger partial charge in [0.05, 0.1) is 0 Å². The van der Waals surface area contributed by atoms with Gasteiger partial charge >= 0.3 is 12.2 Å². The number of carbonyl (C=O) groups excluding carboxylic acids is 1. The van der Waals surface area contributed by atoms with E-state index in [1.165, 1.54) is 12.1 Å². The Hall–Kier alpha value is -1.92. The van der Waals surface area contributed by atoms with Crippen molar-refractivity contribution in [1.29, 1.82) is 0 Å². The van der Waals surface area contributed by atoms with Crippen molar-refractivity contribution in [1.82, 2.24) is 5.32 Å². The summed E-state index contributed by atoms with van der Waals surface area (Å²) in [5, 5.41) is 5.31. The van der Waals surface area contributed by atoms with Gasteiger partial charge in [-0.25, -0.2) is 4.79 Å². The van der Waals surface area contributed by atoms with Crippen molar-refractivity contribution in [2.75, 3.05) is 18.5 Å². The smallest absolute Gasteiger partial charge is 0.422 e. The molecule has 0 heterocycles. The minimum atomic E-state index is -4.40. The number of amides is 2. The molecule has 22 heavy (non-hydrogen) atoms. The zero-order valence-corrected chi connectivity index (χ0v) is 12.7. The van der Waals surface area contributed by atoms with Gasteiger partial charge in [0.2, 0.25) is 0 Å². The Morgan fingerprint density at radius 1 is 1.27 bits per heavy atom. The first kappa shape index (κ1) is 18.1. The number of halogens is 3. The van der Waals surface area contributed by atoms with E-state index in [1.807, 2.05) is 0 Å². The summed E-state index contributed by atoms with van der Waals surface area (Å²) >= 11 is 0. The standard InChI is InChI=1S/C15H21F3N2O2/c1-3-4-5-9-19-14(21)20-12-7-6-8-13(11(12)2)22-10-15(16,17)18/h6-8H,3-5,9-10H2,1-2H3,(H2,19,20,21). The molecule has 0 unspecified atom stereocenters. The fraction of sp³-hybridized carbons (Fsp3) is 0.533. The van der Waals surface area contributed by atoms with Crippen LogP contribution < -0.4 is 15.4 Å². The summed E-state index contributed by atoms with van der Waals surface area (Å²) in [6.45, 7) is 2.86. The maximum atomic E-state index is 12.2. The van der Waals surface area contributed by atoms with Crippen molar-refractivity contribution in [2.45, 2.75) is 39.3 Å². The summed E-state index contributed by atoms with van der Waals surface area (Å²) in [4.78, 5) is 11.7. The SMILES string of the molecule is CCCCCNC(=O)Nc1cccc(OCC(F)(F)F)c1C. The monoisotopic (exact) mass is 318 g/mol. The van der Waals surface area contributed by atoms with Crippen LogP contribution in [-0.2, 0) is 0 Å². The van der Waals surface area contributed by atoms with Crippen molar-refractivity contribution in [3.8, 4) is 5.75 Å². The van der Waals surface area contributed by atoms with Gasteiger partial charge in [-0.15, -0.1) is 0 Å². The Morgan fingerprint density at radius 2 is 2.00 bits per heavy atom. The number of anilines is 1. The number of hydrogen-bond donors (Lipinski definition) is 2. The minimum Gasteiger partial charge on any atom is -0.484 e. The average Bonchev–Trinajstić information content (AvgIpc) is 2.44. The Kier molecular flexibility index (Phi) is 7.01. The van der Waals surface area contributed by atoms with Gasteiger partial charge in [-0.05, 0) is 25.5 Å². The molecule has 124 valence electrons. The van der Waals surface area contributed by atoms with E-state index in [-0.39, 0.29) is 11.8 Å². The highest BCUT2D eigenvalue weighted by atomic mass is 19.4. The molecule has 1 rings (SSSR count). The molecule has 0 bridgehead atoms. The van der Waals surface area contributed by atoms with Crippen molar-refractivity contribution in [2.24, 2.45) is 0 Å². The average molecular weight is 318 g/mol. The molecule has 0 atom stereocenters. The molecule has 1 aromatic rings. The van der Waals surface area contributed by atoms with Crippen LogP contribution in [0, 0.1) is 6.92 Å². The topological polar surface area (TPSA) is 50.4 Å². The highest BCUT2D eigenvalue weighted by molar-refractivity contribution is 5.90. The quantitative estimate of drug-likeness (QED) is 0.739. The maximum absolute atomic E-state index is 12.2. The zero-order chi connectivity index (χ0) is 16.6. The van der Waals surface area contributed by atoms with E-state index in [2.05, 4.69) is 17.6 Å². The molecule has 0 saturated carbocycles. The maximum Gasteiger partial charge on any atom is 0.422 e. The number of ether oxygens (including phenoxy) is 1. The number of urea groups is 1. The van der Waals surface area contributed by atoms with Crippen LogP contribution in [-0.4, -0.2) is 25.4 Å². The Balaban J connectivity index is 2.58. The molecule has 0 aliphatic rings. The van der Waals surface area contributed by atoms with E-state index >= 15 is 0 Å². The number of nitrogens with one attached hydrogen (secondary N) is 2. The van der Waals surface area contributed by atoms with Gasteiger partial charge in [0.15, 0.2) is 6.61 Å². The molecule has 1 aromatic carbocycles. The van der Waals surface area contributed by atoms with E-state index in [4.69, 9.17) is 4.74 Å². The molecule has 2 N–H and O–H groups in total. The molecule has 0 saturated heterocycles. The zero-order valence-electron chi connectivity index (χ0n) is 12.7. The lowest BCUT2D eigenvalue weighted by atomic mass is 10.2. The second-order valence-corrected chi connectivity index (χ2v) is 4.92. The fourth-order valence-electron chi connectivity index (χ4n) is 1.81. The van der Waals surface area contributed by atoms with E-state index in [0.717, 1.165) is 19.3 Å². The molecule has 0 aromatic heterocycles. The molecule has 0 aliphatic heterocycles. The summed E-state index contributed by atoms with van der Waals surface area (Å²) < 4.78 is 41.3. The highest BCUT2D eigenvalue weighted by Gasteiger charge is 2.28. The largest absolute Gasteiger partial charge is 0.484 e. The number of benzene rings is 1. The van der Waals surface area contributed by atoms with Crippen molar-refractivity contribution in [3.63, 3.8) is 0 Å². The summed E-state index contributed by atoms with van der Waals surface area (Å²) in [5.74, 6) is 0.0982. The first-order valence-electron chi connectivity index (χ1n) is 7.17. The van der Waals surface area contributed by atoms with Gasteiger partial charge in [-0.2, -0.15) is 13.2 Å². The minimum absolute atomic E-state index is 0.0982. The van der Waals surface area contributed by atoms with Crippen molar-refractivity contribution < 1.29 is 22.7 Å². The lowest BCUT2D eigenvalue weighted by molar-refractivity contribution is -0.153. The summed E-state index contributed by atoms with van der Waals surface area (Å²) in [7, 11) is 0. The van der Waals surface area contributed by atoms with Crippen LogP contribution >= 0.6 is 0 Å². The predicted molar refractivity (Wildman–Crippen MR) is 79.3 cm³/mol. The molecule has 0 fully saturated rings. The van der Waals surface area contributed by atoms with Crippen molar-refractivity contribution >= 4 is 11.7 Å². The van der Waals surface area contributed by atoms with E-state index in [1.54, 1.807) is 13.0 Å². The van der Waals surface area contributed by atoms with Gasteiger partial charge < -0.3 is 15.4 Å². The van der Waals surface area contributed by atoms with Crippen LogP contribution in [0.15, 0.2) is 18.2 Å². The van der Waals surface area contributed by atoms with Gasteiger partial charge in [0.25, 0.3) is 0 Å². The van der Waals surface area contributed by atoms with Crippen LogP contribution in [0.1, 0.15) is 31.7 Å². The van der Waals surface area contributed by atoms with Crippen LogP contribution in [0.3, 0.4) is 0 Å². The van der Waals surface area contributed by atoms with Gasteiger partial charge in [0, 0.05) is 17.8 Å².